The average molecular weight is 232 g/mol. The molecule has 0 aliphatic heterocycles. The molecule has 0 spiro atoms. The summed E-state index contributed by atoms with van der Waals surface area (Å²) in [6.45, 7) is 0. The van der Waals surface area contributed by atoms with E-state index in [2.05, 4.69) is 5.32 Å². The Labute approximate surface area is 96.0 Å². The molecule has 4 rings (SSSR count). The molecule has 4 aliphatic rings. The minimum absolute atomic E-state index is 0. The van der Waals surface area contributed by atoms with E-state index in [0.29, 0.717) is 11.8 Å². The lowest BCUT2D eigenvalue weighted by Gasteiger charge is -2.46. The number of carbonyl (C=O) groups is 1. The fourth-order valence-electron chi connectivity index (χ4n) is 4.19. The molecule has 0 amide bonds. The lowest BCUT2D eigenvalue weighted by atomic mass is 9.62. The molecule has 0 heterocycles. The van der Waals surface area contributed by atoms with Crippen LogP contribution in [0, 0.1) is 29.6 Å². The lowest BCUT2D eigenvalue weighted by Crippen LogP contribution is -2.54. The Kier molecular flexibility index (Phi) is 2.72. The molecule has 0 aromatic heterocycles. The third-order valence-electron chi connectivity index (χ3n) is 4.75. The largest absolute Gasteiger partial charge is 0.481 e. The van der Waals surface area contributed by atoms with Crippen molar-refractivity contribution in [2.75, 3.05) is 7.05 Å². The summed E-state index contributed by atoms with van der Waals surface area (Å²) >= 11 is 0. The second-order valence-electron chi connectivity index (χ2n) is 5.15. The number of carboxylic acids is 1. The van der Waals surface area contributed by atoms with Crippen molar-refractivity contribution in [1.29, 1.82) is 0 Å². The molecular formula is C11H18ClNO2. The van der Waals surface area contributed by atoms with Crippen molar-refractivity contribution in [2.24, 2.45) is 29.6 Å². The van der Waals surface area contributed by atoms with Crippen molar-refractivity contribution in [3.8, 4) is 0 Å². The zero-order valence-corrected chi connectivity index (χ0v) is 9.67. The number of aliphatic carboxylic acids is 1. The molecule has 4 aliphatic carbocycles. The topological polar surface area (TPSA) is 49.3 Å². The summed E-state index contributed by atoms with van der Waals surface area (Å²) in [7, 11) is 1.92. The molecule has 0 aromatic carbocycles. The maximum atomic E-state index is 11.2. The summed E-state index contributed by atoms with van der Waals surface area (Å²) in [6, 6.07) is 0.245. The molecule has 6 unspecified atom stereocenters. The van der Waals surface area contributed by atoms with Crippen LogP contribution < -0.4 is 5.32 Å². The van der Waals surface area contributed by atoms with Crippen molar-refractivity contribution < 1.29 is 9.90 Å². The Bertz CT molecular complexity index is 284. The molecule has 3 nitrogen and oxygen atoms in total. The summed E-state index contributed by atoms with van der Waals surface area (Å²) in [5, 5.41) is 12.5. The summed E-state index contributed by atoms with van der Waals surface area (Å²) < 4.78 is 0. The van der Waals surface area contributed by atoms with Gasteiger partial charge in [0.2, 0.25) is 0 Å². The number of rotatable bonds is 2. The van der Waals surface area contributed by atoms with Gasteiger partial charge in [0.25, 0.3) is 0 Å². The first kappa shape index (κ1) is 11.2. The van der Waals surface area contributed by atoms with Crippen molar-refractivity contribution in [3.63, 3.8) is 0 Å². The monoisotopic (exact) mass is 231 g/mol. The van der Waals surface area contributed by atoms with Gasteiger partial charge >= 0.3 is 5.97 Å². The molecule has 6 atom stereocenters. The molecule has 0 saturated heterocycles. The van der Waals surface area contributed by atoms with E-state index in [1.54, 1.807) is 0 Å². The smallest absolute Gasteiger partial charge is 0.308 e. The van der Waals surface area contributed by atoms with Crippen LogP contribution in [0.15, 0.2) is 0 Å². The number of fused-ring (bicyclic) bond motifs is 2. The number of hydrogen-bond acceptors (Lipinski definition) is 2. The second-order valence-corrected chi connectivity index (χ2v) is 5.15. The van der Waals surface area contributed by atoms with Gasteiger partial charge in [0.05, 0.1) is 5.92 Å². The molecule has 0 aromatic rings. The van der Waals surface area contributed by atoms with Gasteiger partial charge in [0.1, 0.15) is 0 Å². The van der Waals surface area contributed by atoms with Gasteiger partial charge in [-0.15, -0.1) is 12.4 Å². The van der Waals surface area contributed by atoms with E-state index in [0.717, 1.165) is 18.3 Å². The van der Waals surface area contributed by atoms with Gasteiger partial charge in [-0.3, -0.25) is 4.79 Å². The predicted molar refractivity (Wildman–Crippen MR) is 59.0 cm³/mol. The van der Waals surface area contributed by atoms with Gasteiger partial charge in [-0.25, -0.2) is 0 Å². The van der Waals surface area contributed by atoms with Crippen LogP contribution in [-0.2, 0) is 4.79 Å². The molecule has 4 saturated carbocycles. The SMILES string of the molecule is CNC1C2CCC(C3CC32)C1C(=O)O.Cl. The highest BCUT2D eigenvalue weighted by Gasteiger charge is 2.62. The third-order valence-corrected chi connectivity index (χ3v) is 4.75. The van der Waals surface area contributed by atoms with Crippen molar-refractivity contribution in [1.82, 2.24) is 5.32 Å². The van der Waals surface area contributed by atoms with Crippen LogP contribution in [0.25, 0.3) is 0 Å². The van der Waals surface area contributed by atoms with Crippen LogP contribution in [0.3, 0.4) is 0 Å². The fraction of sp³-hybridized carbons (Fsp3) is 0.909. The van der Waals surface area contributed by atoms with Gasteiger partial charge in [0.15, 0.2) is 0 Å². The van der Waals surface area contributed by atoms with E-state index in [1.807, 2.05) is 7.05 Å². The minimum Gasteiger partial charge on any atom is -0.481 e. The normalized spacial score (nSPS) is 50.5. The van der Waals surface area contributed by atoms with Crippen LogP contribution in [0.1, 0.15) is 19.3 Å². The van der Waals surface area contributed by atoms with E-state index in [1.165, 1.54) is 12.8 Å². The third kappa shape index (κ3) is 1.40. The van der Waals surface area contributed by atoms with Crippen LogP contribution in [-0.4, -0.2) is 24.2 Å². The Hall–Kier alpha value is -0.280. The van der Waals surface area contributed by atoms with Crippen LogP contribution in [0.5, 0.6) is 0 Å². The van der Waals surface area contributed by atoms with Crippen molar-refractivity contribution in [2.45, 2.75) is 25.3 Å². The van der Waals surface area contributed by atoms with Crippen LogP contribution in [0.2, 0.25) is 0 Å². The highest BCUT2D eigenvalue weighted by Crippen LogP contribution is 2.64. The standard InChI is InChI=1S/C11H17NO2.ClH/c1-12-10-6-3-2-5(7-4-8(6)7)9(10)11(13)14;/h5-10,12H,2-4H2,1H3,(H,13,14);1H. The number of nitrogens with one attached hydrogen (secondary N) is 1. The van der Waals surface area contributed by atoms with E-state index >= 15 is 0 Å². The molecule has 2 bridgehead atoms. The summed E-state index contributed by atoms with van der Waals surface area (Å²) in [5.74, 6) is 2.06. The van der Waals surface area contributed by atoms with E-state index in [4.69, 9.17) is 0 Å². The minimum atomic E-state index is -0.579. The van der Waals surface area contributed by atoms with Gasteiger partial charge in [-0.1, -0.05) is 0 Å². The van der Waals surface area contributed by atoms with Crippen LogP contribution in [0.4, 0.5) is 0 Å². The average Bonchev–Trinajstić information content (AvgIpc) is 2.96. The highest BCUT2D eigenvalue weighted by atomic mass is 35.5. The molecular weight excluding hydrogens is 214 g/mol. The molecule has 4 heteroatoms. The number of hydrogen-bond donors (Lipinski definition) is 2. The fourth-order valence-corrected chi connectivity index (χ4v) is 4.19. The molecule has 86 valence electrons. The zero-order valence-electron chi connectivity index (χ0n) is 8.85. The van der Waals surface area contributed by atoms with Crippen LogP contribution >= 0.6 is 12.4 Å². The first-order valence-electron chi connectivity index (χ1n) is 5.64. The molecule has 4 fully saturated rings. The number of carboxylic acid groups (broad SMARTS) is 1. The Balaban J connectivity index is 0.000000853. The lowest BCUT2D eigenvalue weighted by molar-refractivity contribution is -0.150. The summed E-state index contributed by atoms with van der Waals surface area (Å²) in [4.78, 5) is 11.2. The highest BCUT2D eigenvalue weighted by molar-refractivity contribution is 5.85. The van der Waals surface area contributed by atoms with E-state index < -0.39 is 5.97 Å². The summed E-state index contributed by atoms with van der Waals surface area (Å²) in [5.41, 5.74) is 0. The summed E-state index contributed by atoms with van der Waals surface area (Å²) in [6.07, 6.45) is 3.71. The quantitative estimate of drug-likeness (QED) is 0.755. The predicted octanol–water partition coefficient (Wildman–Crippen LogP) is 1.37. The Morgan fingerprint density at radius 2 is 1.80 bits per heavy atom. The first-order valence-corrected chi connectivity index (χ1v) is 5.64. The van der Waals surface area contributed by atoms with Gasteiger partial charge < -0.3 is 10.4 Å². The van der Waals surface area contributed by atoms with Gasteiger partial charge in [-0.05, 0) is 50.0 Å². The van der Waals surface area contributed by atoms with E-state index in [-0.39, 0.29) is 24.4 Å². The molecule has 15 heavy (non-hydrogen) atoms. The van der Waals surface area contributed by atoms with Gasteiger partial charge in [-0.2, -0.15) is 0 Å². The Morgan fingerprint density at radius 3 is 2.40 bits per heavy atom. The van der Waals surface area contributed by atoms with Crippen molar-refractivity contribution in [3.05, 3.63) is 0 Å². The maximum absolute atomic E-state index is 11.2. The maximum Gasteiger partial charge on any atom is 0.308 e. The second kappa shape index (κ2) is 3.63. The number of halogens is 1. The van der Waals surface area contributed by atoms with Crippen molar-refractivity contribution >= 4 is 18.4 Å². The zero-order chi connectivity index (χ0) is 9.87. The Morgan fingerprint density at radius 1 is 1.20 bits per heavy atom. The molecule has 2 N–H and O–H groups in total. The molecule has 0 radical (unpaired) electrons. The first-order chi connectivity index (χ1) is 6.74. The van der Waals surface area contributed by atoms with Gasteiger partial charge in [0, 0.05) is 6.04 Å². The van der Waals surface area contributed by atoms with E-state index in [9.17, 15) is 9.90 Å².